The Labute approximate surface area is 136 Å². The van der Waals surface area contributed by atoms with Crippen molar-refractivity contribution in [3.8, 4) is 0 Å². The highest BCUT2D eigenvalue weighted by Crippen LogP contribution is 2.10. The zero-order valence-corrected chi connectivity index (χ0v) is 13.6. The van der Waals surface area contributed by atoms with Crippen LogP contribution in [-0.2, 0) is 6.42 Å². The zero-order chi connectivity index (χ0) is 15.8. The minimum absolute atomic E-state index is 0.0766. The first kappa shape index (κ1) is 16.6. The van der Waals surface area contributed by atoms with Gasteiger partial charge in [0.15, 0.2) is 0 Å². The van der Waals surface area contributed by atoms with Gasteiger partial charge in [0.2, 0.25) is 0 Å². The lowest BCUT2D eigenvalue weighted by Crippen LogP contribution is -2.29. The number of carbonyl (C=O) groups excluding carboxylic acids is 2. The van der Waals surface area contributed by atoms with Gasteiger partial charge in [-0.1, -0.05) is 6.07 Å². The summed E-state index contributed by atoms with van der Waals surface area (Å²) in [6, 6.07) is 3.62. The van der Waals surface area contributed by atoms with Gasteiger partial charge in [-0.3, -0.25) is 9.59 Å². The molecule has 0 fully saturated rings. The minimum Gasteiger partial charge on any atom is -0.351 e. The summed E-state index contributed by atoms with van der Waals surface area (Å²) in [5, 5.41) is 10.1. The first-order valence-corrected chi connectivity index (χ1v) is 8.71. The highest BCUT2D eigenvalue weighted by molar-refractivity contribution is 7.12. The second-order valence-electron chi connectivity index (χ2n) is 4.51. The predicted octanol–water partition coefficient (Wildman–Crippen LogP) is 1.26. The average Bonchev–Trinajstić information content (AvgIpc) is 3.18. The van der Waals surface area contributed by atoms with Gasteiger partial charge < -0.3 is 16.4 Å². The van der Waals surface area contributed by atoms with Gasteiger partial charge in [0.25, 0.3) is 11.8 Å². The Morgan fingerprint density at radius 3 is 2.64 bits per heavy atom. The van der Waals surface area contributed by atoms with Crippen molar-refractivity contribution in [3.05, 3.63) is 38.5 Å². The van der Waals surface area contributed by atoms with Crippen molar-refractivity contribution in [2.75, 3.05) is 19.6 Å². The number of amides is 2. The SMILES string of the molecule is NCCc1nc(C(=O)NCCCNC(=O)c2cccs2)cs1. The number of aromatic nitrogens is 1. The number of hydrogen-bond donors (Lipinski definition) is 3. The van der Waals surface area contributed by atoms with Gasteiger partial charge in [-0.05, 0) is 24.4 Å². The fourth-order valence-corrected chi connectivity index (χ4v) is 3.17. The minimum atomic E-state index is -0.191. The molecule has 22 heavy (non-hydrogen) atoms. The molecule has 0 aliphatic rings. The topological polar surface area (TPSA) is 97.1 Å². The van der Waals surface area contributed by atoms with E-state index in [4.69, 9.17) is 5.73 Å². The highest BCUT2D eigenvalue weighted by Gasteiger charge is 2.10. The van der Waals surface area contributed by atoms with Crippen LogP contribution in [0.25, 0.3) is 0 Å². The molecule has 4 N–H and O–H groups in total. The molecule has 0 saturated carbocycles. The molecule has 6 nitrogen and oxygen atoms in total. The Kier molecular flexibility index (Phi) is 6.50. The first-order valence-electron chi connectivity index (χ1n) is 6.95. The number of nitrogens with one attached hydrogen (secondary N) is 2. The third kappa shape index (κ3) is 4.90. The van der Waals surface area contributed by atoms with Crippen LogP contribution in [0.15, 0.2) is 22.9 Å². The summed E-state index contributed by atoms with van der Waals surface area (Å²) in [4.78, 5) is 28.5. The third-order valence-corrected chi connectivity index (χ3v) is 4.59. The average molecular weight is 338 g/mol. The Hall–Kier alpha value is -1.77. The predicted molar refractivity (Wildman–Crippen MR) is 88.5 cm³/mol. The van der Waals surface area contributed by atoms with Crippen LogP contribution in [0.2, 0.25) is 0 Å². The maximum absolute atomic E-state index is 11.9. The number of rotatable bonds is 8. The number of thiophene rings is 1. The maximum atomic E-state index is 11.9. The second kappa shape index (κ2) is 8.62. The normalized spacial score (nSPS) is 10.4. The molecule has 0 unspecified atom stereocenters. The standard InChI is InChI=1S/C14H18N4O2S2/c15-5-4-12-18-10(9-22-12)13(19)16-6-2-7-17-14(20)11-3-1-8-21-11/h1,3,8-9H,2,4-7,15H2,(H,16,19)(H,17,20). The van der Waals surface area contributed by atoms with Crippen molar-refractivity contribution >= 4 is 34.5 Å². The molecule has 0 aliphatic heterocycles. The molecule has 0 radical (unpaired) electrons. The van der Waals surface area contributed by atoms with Crippen LogP contribution in [-0.4, -0.2) is 36.4 Å². The summed E-state index contributed by atoms with van der Waals surface area (Å²) in [7, 11) is 0. The number of carbonyl (C=O) groups is 2. The third-order valence-electron chi connectivity index (χ3n) is 2.81. The smallest absolute Gasteiger partial charge is 0.270 e. The van der Waals surface area contributed by atoms with E-state index in [0.29, 0.717) is 43.0 Å². The van der Waals surface area contributed by atoms with Gasteiger partial charge in [-0.25, -0.2) is 4.98 Å². The van der Waals surface area contributed by atoms with Gasteiger partial charge in [0, 0.05) is 24.9 Å². The van der Waals surface area contributed by atoms with E-state index in [1.54, 1.807) is 11.4 Å². The van der Waals surface area contributed by atoms with Gasteiger partial charge in [-0.2, -0.15) is 0 Å². The fourth-order valence-electron chi connectivity index (χ4n) is 1.73. The molecule has 8 heteroatoms. The van der Waals surface area contributed by atoms with Crippen molar-refractivity contribution in [3.63, 3.8) is 0 Å². The Morgan fingerprint density at radius 2 is 1.95 bits per heavy atom. The van der Waals surface area contributed by atoms with Gasteiger partial charge >= 0.3 is 0 Å². The summed E-state index contributed by atoms with van der Waals surface area (Å²) in [5.74, 6) is -0.267. The molecular weight excluding hydrogens is 320 g/mol. The van der Waals surface area contributed by atoms with E-state index in [1.165, 1.54) is 22.7 Å². The van der Waals surface area contributed by atoms with Gasteiger partial charge in [0.05, 0.1) is 9.88 Å². The molecule has 0 bridgehead atoms. The molecule has 0 aliphatic carbocycles. The molecule has 0 atom stereocenters. The quantitative estimate of drug-likeness (QED) is 0.631. The Bertz CT molecular complexity index is 610. The lowest BCUT2D eigenvalue weighted by molar-refractivity contribution is 0.0948. The molecule has 2 heterocycles. The van der Waals surface area contributed by atoms with E-state index in [-0.39, 0.29) is 11.8 Å². The van der Waals surface area contributed by atoms with Crippen LogP contribution < -0.4 is 16.4 Å². The molecule has 0 spiro atoms. The van der Waals surface area contributed by atoms with Crippen molar-refractivity contribution < 1.29 is 9.59 Å². The molecule has 2 rings (SSSR count). The zero-order valence-electron chi connectivity index (χ0n) is 12.0. The second-order valence-corrected chi connectivity index (χ2v) is 6.40. The van der Waals surface area contributed by atoms with Crippen molar-refractivity contribution in [1.82, 2.24) is 15.6 Å². The van der Waals surface area contributed by atoms with Gasteiger partial charge in [0.1, 0.15) is 5.69 Å². The lowest BCUT2D eigenvalue weighted by Gasteiger charge is -2.05. The van der Waals surface area contributed by atoms with Crippen LogP contribution in [0.1, 0.15) is 31.6 Å². The molecule has 0 aromatic carbocycles. The van der Waals surface area contributed by atoms with E-state index in [9.17, 15) is 9.59 Å². The van der Waals surface area contributed by atoms with E-state index in [1.807, 2.05) is 11.4 Å². The van der Waals surface area contributed by atoms with E-state index in [0.717, 1.165) is 5.01 Å². The Balaban J connectivity index is 1.63. The maximum Gasteiger partial charge on any atom is 0.270 e. The molecule has 2 aromatic heterocycles. The fraction of sp³-hybridized carbons (Fsp3) is 0.357. The van der Waals surface area contributed by atoms with E-state index in [2.05, 4.69) is 15.6 Å². The van der Waals surface area contributed by atoms with Crippen molar-refractivity contribution in [2.45, 2.75) is 12.8 Å². The van der Waals surface area contributed by atoms with Crippen LogP contribution in [0.4, 0.5) is 0 Å². The van der Waals surface area contributed by atoms with Gasteiger partial charge in [-0.15, -0.1) is 22.7 Å². The largest absolute Gasteiger partial charge is 0.351 e. The van der Waals surface area contributed by atoms with Crippen LogP contribution in [0.5, 0.6) is 0 Å². The highest BCUT2D eigenvalue weighted by atomic mass is 32.1. The molecule has 0 saturated heterocycles. The summed E-state index contributed by atoms with van der Waals surface area (Å²) in [6.07, 6.45) is 1.36. The summed E-state index contributed by atoms with van der Waals surface area (Å²) in [5.41, 5.74) is 5.88. The summed E-state index contributed by atoms with van der Waals surface area (Å²) < 4.78 is 0. The van der Waals surface area contributed by atoms with Crippen molar-refractivity contribution in [1.29, 1.82) is 0 Å². The van der Waals surface area contributed by atoms with E-state index < -0.39 is 0 Å². The van der Waals surface area contributed by atoms with Crippen LogP contribution in [0, 0.1) is 0 Å². The summed E-state index contributed by atoms with van der Waals surface area (Å²) in [6.45, 7) is 1.54. The summed E-state index contributed by atoms with van der Waals surface area (Å²) >= 11 is 2.85. The Morgan fingerprint density at radius 1 is 1.18 bits per heavy atom. The molecule has 2 amide bonds. The number of thiazole rings is 1. The number of nitrogens with zero attached hydrogens (tertiary/aromatic N) is 1. The molecule has 2 aromatic rings. The molecular formula is C14H18N4O2S2. The lowest BCUT2D eigenvalue weighted by atomic mass is 10.3. The molecule has 118 valence electrons. The van der Waals surface area contributed by atoms with Crippen LogP contribution >= 0.6 is 22.7 Å². The van der Waals surface area contributed by atoms with E-state index >= 15 is 0 Å². The first-order chi connectivity index (χ1) is 10.7. The van der Waals surface area contributed by atoms with Crippen molar-refractivity contribution in [2.24, 2.45) is 5.73 Å². The monoisotopic (exact) mass is 338 g/mol. The van der Waals surface area contributed by atoms with Crippen LogP contribution in [0.3, 0.4) is 0 Å². The number of hydrogen-bond acceptors (Lipinski definition) is 6. The number of nitrogens with two attached hydrogens (primary N) is 1.